The zero-order valence-electron chi connectivity index (χ0n) is 20.8. The number of rotatable bonds is 10. The van der Waals surface area contributed by atoms with E-state index in [4.69, 9.17) is 25.7 Å². The van der Waals surface area contributed by atoms with Crippen molar-refractivity contribution in [3.8, 4) is 5.75 Å². The molecule has 1 fully saturated rings. The average Bonchev–Trinajstić information content (AvgIpc) is 3.42. The smallest absolute Gasteiger partial charge is 0.320 e. The molecule has 0 radical (unpaired) electrons. The fraction of sp³-hybridized carbons (Fsp3) is 0.346. The molecule has 202 valence electrons. The SMILES string of the molecule is N=C(N)c1cccc(C=CCN(c2ccc(OC3CCN(C4=NCCO4)CC3)cc2)S(=O)(=O)CC(=O)O)c1. The van der Waals surface area contributed by atoms with Crippen molar-refractivity contribution in [1.82, 2.24) is 4.90 Å². The van der Waals surface area contributed by atoms with Crippen LogP contribution in [0.25, 0.3) is 6.08 Å². The summed E-state index contributed by atoms with van der Waals surface area (Å²) in [6, 6.07) is 14.2. The van der Waals surface area contributed by atoms with Gasteiger partial charge in [0.2, 0.25) is 10.0 Å². The Morgan fingerprint density at radius 2 is 1.97 bits per heavy atom. The van der Waals surface area contributed by atoms with E-state index in [2.05, 4.69) is 9.89 Å². The van der Waals surface area contributed by atoms with E-state index in [1.165, 1.54) is 0 Å². The van der Waals surface area contributed by atoms with Gasteiger partial charge in [0, 0.05) is 31.5 Å². The molecule has 2 aromatic carbocycles. The van der Waals surface area contributed by atoms with Crippen LogP contribution in [-0.4, -0.2) is 80.9 Å². The lowest BCUT2D eigenvalue weighted by Crippen LogP contribution is -2.41. The number of carbonyl (C=O) groups is 1. The molecular weight excluding hydrogens is 510 g/mol. The summed E-state index contributed by atoms with van der Waals surface area (Å²) in [5.41, 5.74) is 7.14. The Bertz CT molecular complexity index is 1320. The number of nitrogen functional groups attached to an aromatic ring is 1. The van der Waals surface area contributed by atoms with E-state index < -0.39 is 21.7 Å². The quantitative estimate of drug-likeness (QED) is 0.305. The van der Waals surface area contributed by atoms with E-state index in [0.29, 0.717) is 36.2 Å². The number of piperidine rings is 1. The van der Waals surface area contributed by atoms with Crippen LogP contribution in [0.1, 0.15) is 24.0 Å². The van der Waals surface area contributed by atoms with Gasteiger partial charge in [-0.15, -0.1) is 0 Å². The number of hydrogen-bond donors (Lipinski definition) is 3. The van der Waals surface area contributed by atoms with Crippen molar-refractivity contribution in [3.05, 3.63) is 65.7 Å². The van der Waals surface area contributed by atoms with Crippen LogP contribution in [0.4, 0.5) is 5.69 Å². The molecule has 2 aliphatic heterocycles. The predicted octanol–water partition coefficient (Wildman–Crippen LogP) is 2.13. The number of nitrogens with one attached hydrogen (secondary N) is 1. The normalized spacial score (nSPS) is 16.2. The minimum atomic E-state index is -4.15. The van der Waals surface area contributed by atoms with Crippen molar-refractivity contribution >= 4 is 39.6 Å². The zero-order chi connectivity index (χ0) is 27.1. The maximum Gasteiger partial charge on any atom is 0.320 e. The van der Waals surface area contributed by atoms with Crippen LogP contribution in [-0.2, 0) is 19.6 Å². The molecule has 0 aliphatic carbocycles. The molecule has 2 heterocycles. The van der Waals surface area contributed by atoms with Crippen molar-refractivity contribution in [1.29, 1.82) is 5.41 Å². The van der Waals surface area contributed by atoms with Gasteiger partial charge in [-0.1, -0.05) is 30.4 Å². The monoisotopic (exact) mass is 541 g/mol. The molecule has 38 heavy (non-hydrogen) atoms. The number of carboxylic acid groups (broad SMARTS) is 1. The number of benzene rings is 2. The largest absolute Gasteiger partial charge is 0.490 e. The minimum absolute atomic E-state index is 0.0136. The zero-order valence-corrected chi connectivity index (χ0v) is 21.6. The third kappa shape index (κ3) is 7.03. The van der Waals surface area contributed by atoms with E-state index >= 15 is 0 Å². The number of carboxylic acids is 1. The highest BCUT2D eigenvalue weighted by atomic mass is 32.2. The van der Waals surface area contributed by atoms with Crippen molar-refractivity contribution in [2.24, 2.45) is 10.7 Å². The fourth-order valence-corrected chi connectivity index (χ4v) is 5.50. The van der Waals surface area contributed by atoms with Crippen LogP contribution in [0.2, 0.25) is 0 Å². The van der Waals surface area contributed by atoms with Gasteiger partial charge in [-0.3, -0.25) is 14.5 Å². The molecule has 12 heteroatoms. The highest BCUT2D eigenvalue weighted by Crippen LogP contribution is 2.25. The number of ether oxygens (including phenoxy) is 2. The molecule has 0 bridgehead atoms. The van der Waals surface area contributed by atoms with Gasteiger partial charge in [0.25, 0.3) is 6.02 Å². The summed E-state index contributed by atoms with van der Waals surface area (Å²) in [6.45, 7) is 2.81. The predicted molar refractivity (Wildman–Crippen MR) is 145 cm³/mol. The summed E-state index contributed by atoms with van der Waals surface area (Å²) < 4.78 is 38.4. The molecular formula is C26H31N5O6S. The molecule has 0 amide bonds. The number of nitrogens with two attached hydrogens (primary N) is 1. The van der Waals surface area contributed by atoms with E-state index in [1.54, 1.807) is 60.7 Å². The van der Waals surface area contributed by atoms with Crippen LogP contribution in [0.5, 0.6) is 5.75 Å². The fourth-order valence-electron chi connectivity index (χ4n) is 4.27. The van der Waals surface area contributed by atoms with Gasteiger partial charge in [-0.25, -0.2) is 13.4 Å². The Morgan fingerprint density at radius 3 is 2.61 bits per heavy atom. The van der Waals surface area contributed by atoms with Crippen LogP contribution < -0.4 is 14.8 Å². The first-order valence-electron chi connectivity index (χ1n) is 12.2. The third-order valence-corrected chi connectivity index (χ3v) is 7.77. The first-order chi connectivity index (χ1) is 18.2. The molecule has 4 N–H and O–H groups in total. The van der Waals surface area contributed by atoms with Gasteiger partial charge in [0.1, 0.15) is 24.3 Å². The topological polar surface area (TPSA) is 159 Å². The first kappa shape index (κ1) is 27.0. The standard InChI is InChI=1S/C26H31N5O6S/c27-25(28)20-5-1-3-19(17-20)4-2-13-31(38(34,35)18-24(32)33)21-6-8-22(9-7-21)37-23-10-14-30(15-11-23)26-29-12-16-36-26/h1-9,17,23H,10-16,18H2,(H3,27,28)(H,32,33). The molecule has 0 atom stereocenters. The number of amidine groups is 2. The van der Waals surface area contributed by atoms with E-state index in [9.17, 15) is 13.2 Å². The van der Waals surface area contributed by atoms with Gasteiger partial charge >= 0.3 is 5.97 Å². The Labute approximate surface area is 221 Å². The second-order valence-electron chi connectivity index (χ2n) is 8.93. The lowest BCUT2D eigenvalue weighted by atomic mass is 10.1. The average molecular weight is 542 g/mol. The number of nitrogens with zero attached hydrogens (tertiary/aromatic N) is 3. The maximum absolute atomic E-state index is 12.9. The number of likely N-dealkylation sites (tertiary alicyclic amines) is 1. The van der Waals surface area contributed by atoms with Crippen LogP contribution >= 0.6 is 0 Å². The third-order valence-electron chi connectivity index (χ3n) is 6.13. The maximum atomic E-state index is 12.9. The van der Waals surface area contributed by atoms with Gasteiger partial charge < -0.3 is 25.2 Å². The van der Waals surface area contributed by atoms with Gasteiger partial charge in [-0.2, -0.15) is 0 Å². The van der Waals surface area contributed by atoms with E-state index in [1.807, 2.05) is 0 Å². The molecule has 2 aromatic rings. The van der Waals surface area contributed by atoms with Crippen molar-refractivity contribution in [2.45, 2.75) is 18.9 Å². The summed E-state index contributed by atoms with van der Waals surface area (Å²) in [7, 11) is -4.15. The van der Waals surface area contributed by atoms with E-state index in [-0.39, 0.29) is 18.5 Å². The van der Waals surface area contributed by atoms with Gasteiger partial charge in [0.15, 0.2) is 5.75 Å². The summed E-state index contributed by atoms with van der Waals surface area (Å²) in [5.74, 6) is -1.94. The minimum Gasteiger partial charge on any atom is -0.490 e. The second kappa shape index (κ2) is 12.0. The molecule has 4 rings (SSSR count). The summed E-state index contributed by atoms with van der Waals surface area (Å²) in [5, 5.41) is 16.7. The Hall–Kier alpha value is -4.06. The van der Waals surface area contributed by atoms with Crippen molar-refractivity contribution < 1.29 is 27.8 Å². The number of hydrogen-bond acceptors (Lipinski definition) is 8. The number of sulfonamides is 1. The first-order valence-corrected chi connectivity index (χ1v) is 13.8. The number of anilines is 1. The Morgan fingerprint density at radius 1 is 1.24 bits per heavy atom. The number of aliphatic carboxylic acids is 1. The molecule has 0 unspecified atom stereocenters. The molecule has 0 aromatic heterocycles. The van der Waals surface area contributed by atoms with Crippen molar-refractivity contribution in [3.63, 3.8) is 0 Å². The Balaban J connectivity index is 1.43. The summed E-state index contributed by atoms with van der Waals surface area (Å²) >= 11 is 0. The molecule has 1 saturated heterocycles. The van der Waals surface area contributed by atoms with Crippen LogP contribution in [0.15, 0.2) is 59.6 Å². The van der Waals surface area contributed by atoms with Crippen molar-refractivity contribution in [2.75, 3.05) is 42.8 Å². The highest BCUT2D eigenvalue weighted by Gasteiger charge is 2.27. The molecule has 0 saturated carbocycles. The van der Waals surface area contributed by atoms with Gasteiger partial charge in [0.05, 0.1) is 18.8 Å². The van der Waals surface area contributed by atoms with E-state index in [0.717, 1.165) is 35.8 Å². The Kier molecular flexibility index (Phi) is 8.52. The summed E-state index contributed by atoms with van der Waals surface area (Å²) in [4.78, 5) is 17.7. The van der Waals surface area contributed by atoms with Crippen LogP contribution in [0, 0.1) is 5.41 Å². The summed E-state index contributed by atoms with van der Waals surface area (Å²) in [6.07, 6.45) is 4.94. The lowest BCUT2D eigenvalue weighted by molar-refractivity contribution is -0.134. The molecule has 0 spiro atoms. The van der Waals surface area contributed by atoms with Crippen LogP contribution in [0.3, 0.4) is 0 Å². The molecule has 11 nitrogen and oxygen atoms in total. The second-order valence-corrected chi connectivity index (χ2v) is 10.8. The molecule has 2 aliphatic rings. The lowest BCUT2D eigenvalue weighted by Gasteiger charge is -2.32. The highest BCUT2D eigenvalue weighted by molar-refractivity contribution is 7.93. The van der Waals surface area contributed by atoms with Gasteiger partial charge in [-0.05, 0) is 35.9 Å². The number of aliphatic imine (C=N–C) groups is 1.